The fourth-order valence-electron chi connectivity index (χ4n) is 2.48. The Bertz CT molecular complexity index is 395. The average Bonchev–Trinajstić information content (AvgIpc) is 2.76. The van der Waals surface area contributed by atoms with E-state index in [-0.39, 0.29) is 6.10 Å². The molecular weight excluding hydrogens is 228 g/mol. The second-order valence-corrected chi connectivity index (χ2v) is 4.79. The Hall–Kier alpha value is -1.42. The number of nitrogens with two attached hydrogens (primary N) is 1. The number of nitrogens with one attached hydrogen (secondary N) is 1. The molecule has 0 bridgehead atoms. The molecule has 0 saturated heterocycles. The van der Waals surface area contributed by atoms with Gasteiger partial charge in [-0.3, -0.25) is 0 Å². The van der Waals surface area contributed by atoms with Gasteiger partial charge >= 0.3 is 0 Å². The smallest absolute Gasteiger partial charge is 0.144 e. The second-order valence-electron chi connectivity index (χ2n) is 4.79. The standard InChI is InChI=1S/C14H22N2O2/c1-2-18-13-8-4-6-11(14(13)15)16-9-10-5-3-7-12(10)17/h4,6,8,10,12,16-17H,2-3,5,7,9,15H2,1H3. The monoisotopic (exact) mass is 250 g/mol. The van der Waals surface area contributed by atoms with Crippen LogP contribution in [-0.2, 0) is 0 Å². The highest BCUT2D eigenvalue weighted by molar-refractivity contribution is 5.72. The van der Waals surface area contributed by atoms with Gasteiger partial charge in [0.15, 0.2) is 0 Å². The number of para-hydroxylation sites is 1. The van der Waals surface area contributed by atoms with E-state index in [1.54, 1.807) is 0 Å². The summed E-state index contributed by atoms with van der Waals surface area (Å²) in [6.45, 7) is 3.31. The Morgan fingerprint density at radius 1 is 1.44 bits per heavy atom. The molecule has 4 nitrogen and oxygen atoms in total. The Balaban J connectivity index is 1.98. The van der Waals surface area contributed by atoms with Gasteiger partial charge in [0, 0.05) is 12.5 Å². The van der Waals surface area contributed by atoms with Crippen LogP contribution in [0.3, 0.4) is 0 Å². The zero-order chi connectivity index (χ0) is 13.0. The topological polar surface area (TPSA) is 67.5 Å². The van der Waals surface area contributed by atoms with Gasteiger partial charge in [0.1, 0.15) is 5.75 Å². The summed E-state index contributed by atoms with van der Waals surface area (Å²) >= 11 is 0. The molecule has 1 fully saturated rings. The molecule has 0 aliphatic heterocycles. The van der Waals surface area contributed by atoms with Gasteiger partial charge in [-0.25, -0.2) is 0 Å². The lowest BCUT2D eigenvalue weighted by molar-refractivity contribution is 0.138. The summed E-state index contributed by atoms with van der Waals surface area (Å²) in [7, 11) is 0. The van der Waals surface area contributed by atoms with Crippen molar-refractivity contribution >= 4 is 11.4 Å². The quantitative estimate of drug-likeness (QED) is 0.701. The molecule has 100 valence electrons. The molecule has 0 spiro atoms. The van der Waals surface area contributed by atoms with E-state index in [4.69, 9.17) is 10.5 Å². The van der Waals surface area contributed by atoms with E-state index in [9.17, 15) is 5.11 Å². The number of aliphatic hydroxyl groups excluding tert-OH is 1. The first-order valence-electron chi connectivity index (χ1n) is 6.65. The van der Waals surface area contributed by atoms with Crippen LogP contribution in [0.15, 0.2) is 18.2 Å². The van der Waals surface area contributed by atoms with E-state index in [0.717, 1.165) is 37.2 Å². The summed E-state index contributed by atoms with van der Waals surface area (Å²) in [6, 6.07) is 5.74. The van der Waals surface area contributed by atoms with Crippen LogP contribution in [0.25, 0.3) is 0 Å². The molecule has 4 heteroatoms. The summed E-state index contributed by atoms with van der Waals surface area (Å²) in [4.78, 5) is 0. The van der Waals surface area contributed by atoms with Gasteiger partial charge in [-0.1, -0.05) is 12.5 Å². The largest absolute Gasteiger partial charge is 0.492 e. The lowest BCUT2D eigenvalue weighted by atomic mass is 10.1. The zero-order valence-electron chi connectivity index (χ0n) is 10.9. The van der Waals surface area contributed by atoms with Crippen molar-refractivity contribution in [2.45, 2.75) is 32.3 Å². The van der Waals surface area contributed by atoms with Crippen LogP contribution in [0.4, 0.5) is 11.4 Å². The van der Waals surface area contributed by atoms with Gasteiger partial charge in [-0.05, 0) is 31.9 Å². The minimum atomic E-state index is -0.172. The zero-order valence-corrected chi connectivity index (χ0v) is 10.9. The van der Waals surface area contributed by atoms with Crippen molar-refractivity contribution in [3.05, 3.63) is 18.2 Å². The molecule has 0 radical (unpaired) electrons. The van der Waals surface area contributed by atoms with Crippen LogP contribution in [0.2, 0.25) is 0 Å². The third-order valence-corrected chi connectivity index (χ3v) is 3.54. The van der Waals surface area contributed by atoms with Crippen LogP contribution in [0.1, 0.15) is 26.2 Å². The Morgan fingerprint density at radius 3 is 2.94 bits per heavy atom. The molecule has 1 aromatic carbocycles. The molecule has 1 aromatic rings. The molecule has 1 aliphatic rings. The molecule has 0 aromatic heterocycles. The van der Waals surface area contributed by atoms with Crippen molar-refractivity contribution in [2.24, 2.45) is 5.92 Å². The van der Waals surface area contributed by atoms with Crippen LogP contribution in [-0.4, -0.2) is 24.4 Å². The molecule has 18 heavy (non-hydrogen) atoms. The Morgan fingerprint density at radius 2 is 2.28 bits per heavy atom. The van der Waals surface area contributed by atoms with Crippen LogP contribution >= 0.6 is 0 Å². The summed E-state index contributed by atoms with van der Waals surface area (Å²) in [6.07, 6.45) is 2.94. The predicted octanol–water partition coefficient (Wildman–Crippen LogP) is 2.24. The molecule has 0 amide bonds. The molecular formula is C14H22N2O2. The molecule has 2 atom stereocenters. The van der Waals surface area contributed by atoms with Gasteiger partial charge in [0.05, 0.1) is 24.1 Å². The highest BCUT2D eigenvalue weighted by Crippen LogP contribution is 2.31. The van der Waals surface area contributed by atoms with Crippen molar-refractivity contribution in [3.63, 3.8) is 0 Å². The number of hydrogen-bond acceptors (Lipinski definition) is 4. The van der Waals surface area contributed by atoms with Crippen molar-refractivity contribution in [1.82, 2.24) is 0 Å². The van der Waals surface area contributed by atoms with E-state index >= 15 is 0 Å². The number of rotatable bonds is 5. The first-order valence-corrected chi connectivity index (χ1v) is 6.65. The highest BCUT2D eigenvalue weighted by atomic mass is 16.5. The number of ether oxygens (including phenoxy) is 1. The normalized spacial score (nSPS) is 23.0. The molecule has 2 unspecified atom stereocenters. The number of hydrogen-bond donors (Lipinski definition) is 3. The Kier molecular flexibility index (Phi) is 4.31. The van der Waals surface area contributed by atoms with Crippen molar-refractivity contribution in [1.29, 1.82) is 0 Å². The predicted molar refractivity (Wildman–Crippen MR) is 73.9 cm³/mol. The summed E-state index contributed by atoms with van der Waals surface area (Å²) in [5, 5.41) is 13.1. The molecule has 1 saturated carbocycles. The van der Waals surface area contributed by atoms with E-state index in [1.807, 2.05) is 25.1 Å². The van der Waals surface area contributed by atoms with Crippen LogP contribution in [0.5, 0.6) is 5.75 Å². The molecule has 0 heterocycles. The number of aliphatic hydroxyl groups is 1. The summed E-state index contributed by atoms with van der Waals surface area (Å²) < 4.78 is 5.46. The lowest BCUT2D eigenvalue weighted by Crippen LogP contribution is -2.22. The van der Waals surface area contributed by atoms with Crippen molar-refractivity contribution in [3.8, 4) is 5.75 Å². The third-order valence-electron chi connectivity index (χ3n) is 3.54. The minimum Gasteiger partial charge on any atom is -0.492 e. The number of benzene rings is 1. The molecule has 2 rings (SSSR count). The van der Waals surface area contributed by atoms with E-state index < -0.39 is 0 Å². The number of nitrogen functional groups attached to an aromatic ring is 1. The van der Waals surface area contributed by atoms with Crippen molar-refractivity contribution < 1.29 is 9.84 Å². The fourth-order valence-corrected chi connectivity index (χ4v) is 2.48. The third kappa shape index (κ3) is 2.88. The fraction of sp³-hybridized carbons (Fsp3) is 0.571. The maximum absolute atomic E-state index is 9.78. The first-order chi connectivity index (χ1) is 8.72. The maximum atomic E-state index is 9.78. The summed E-state index contributed by atoms with van der Waals surface area (Å²) in [5.74, 6) is 1.05. The van der Waals surface area contributed by atoms with Gasteiger partial charge < -0.3 is 20.9 Å². The van der Waals surface area contributed by atoms with Gasteiger partial charge in [0.2, 0.25) is 0 Å². The molecule has 4 N–H and O–H groups in total. The van der Waals surface area contributed by atoms with Gasteiger partial charge in [-0.15, -0.1) is 0 Å². The van der Waals surface area contributed by atoms with E-state index in [2.05, 4.69) is 5.32 Å². The van der Waals surface area contributed by atoms with Crippen molar-refractivity contribution in [2.75, 3.05) is 24.2 Å². The van der Waals surface area contributed by atoms with Crippen LogP contribution < -0.4 is 15.8 Å². The lowest BCUT2D eigenvalue weighted by Gasteiger charge is -2.18. The van der Waals surface area contributed by atoms with E-state index in [0.29, 0.717) is 18.2 Å². The van der Waals surface area contributed by atoms with Gasteiger partial charge in [-0.2, -0.15) is 0 Å². The average molecular weight is 250 g/mol. The first kappa shape index (κ1) is 13.0. The summed E-state index contributed by atoms with van der Waals surface area (Å²) in [5.41, 5.74) is 7.57. The second kappa shape index (κ2) is 5.96. The molecule has 1 aliphatic carbocycles. The minimum absolute atomic E-state index is 0.172. The maximum Gasteiger partial charge on any atom is 0.144 e. The van der Waals surface area contributed by atoms with E-state index in [1.165, 1.54) is 0 Å². The number of anilines is 2. The highest BCUT2D eigenvalue weighted by Gasteiger charge is 2.24. The Labute approximate surface area is 108 Å². The van der Waals surface area contributed by atoms with Gasteiger partial charge in [0.25, 0.3) is 0 Å². The SMILES string of the molecule is CCOc1cccc(NCC2CCCC2O)c1N. The van der Waals surface area contributed by atoms with Crippen LogP contribution in [0, 0.1) is 5.92 Å².